The second-order valence-electron chi connectivity index (χ2n) is 5.35. The molecule has 100 valence electrons. The molecule has 0 heterocycles. The maximum Gasteiger partial charge on any atom is 0.163 e. The Bertz CT molecular complexity index is 424. The van der Waals surface area contributed by atoms with E-state index in [0.29, 0.717) is 12.1 Å². The number of rotatable bonds is 4. The first-order valence-electron chi connectivity index (χ1n) is 6.34. The van der Waals surface area contributed by atoms with E-state index in [4.69, 9.17) is 0 Å². The molecule has 2 unspecified atom stereocenters. The summed E-state index contributed by atoms with van der Waals surface area (Å²) in [6.07, 6.45) is 2.99. The fraction of sp³-hybridized carbons (Fsp3) is 0.571. The largest absolute Gasteiger partial charge is 0.396 e. The van der Waals surface area contributed by atoms with Crippen LogP contribution in [-0.4, -0.2) is 17.8 Å². The van der Waals surface area contributed by atoms with Crippen LogP contribution in [0.4, 0.5) is 8.78 Å². The molecule has 0 radical (unpaired) electrons. The van der Waals surface area contributed by atoms with E-state index in [0.717, 1.165) is 25.3 Å². The molecule has 2 rings (SSSR count). The van der Waals surface area contributed by atoms with Crippen LogP contribution in [0.3, 0.4) is 0 Å². The Morgan fingerprint density at radius 3 is 2.94 bits per heavy atom. The fourth-order valence-corrected chi connectivity index (χ4v) is 2.69. The molecule has 0 spiro atoms. The average Bonchev–Trinajstić information content (AvgIpc) is 2.73. The molecule has 0 amide bonds. The van der Waals surface area contributed by atoms with Crippen molar-refractivity contribution in [3.05, 3.63) is 35.4 Å². The molecule has 2 N–H and O–H groups in total. The lowest BCUT2D eigenvalue weighted by Crippen LogP contribution is -2.41. The quantitative estimate of drug-likeness (QED) is 0.866. The summed E-state index contributed by atoms with van der Waals surface area (Å²) >= 11 is 0. The molecule has 1 aliphatic rings. The highest BCUT2D eigenvalue weighted by Crippen LogP contribution is 2.37. The fourth-order valence-electron chi connectivity index (χ4n) is 2.69. The van der Waals surface area contributed by atoms with Crippen molar-refractivity contribution in [1.29, 1.82) is 0 Å². The van der Waals surface area contributed by atoms with Gasteiger partial charge in [0.15, 0.2) is 11.6 Å². The van der Waals surface area contributed by atoms with Crippen LogP contribution in [0.2, 0.25) is 0 Å². The number of halogens is 2. The van der Waals surface area contributed by atoms with Gasteiger partial charge in [-0.15, -0.1) is 0 Å². The molecule has 2 nitrogen and oxygen atoms in total. The van der Waals surface area contributed by atoms with Crippen LogP contribution in [0.15, 0.2) is 18.2 Å². The second-order valence-corrected chi connectivity index (χ2v) is 5.35. The summed E-state index contributed by atoms with van der Waals surface area (Å²) < 4.78 is 26.5. The zero-order valence-corrected chi connectivity index (χ0v) is 10.5. The van der Waals surface area contributed by atoms with Crippen LogP contribution in [0, 0.1) is 17.0 Å². The molecule has 1 aliphatic carbocycles. The van der Waals surface area contributed by atoms with Crippen LogP contribution < -0.4 is 5.32 Å². The van der Waals surface area contributed by atoms with Crippen molar-refractivity contribution in [2.24, 2.45) is 5.41 Å². The molecule has 0 aliphatic heterocycles. The van der Waals surface area contributed by atoms with Crippen LogP contribution in [-0.2, 0) is 6.54 Å². The van der Waals surface area contributed by atoms with Gasteiger partial charge in [0.1, 0.15) is 0 Å². The predicted octanol–water partition coefficient (Wildman–Crippen LogP) is 2.61. The van der Waals surface area contributed by atoms with Crippen molar-refractivity contribution in [2.75, 3.05) is 6.61 Å². The number of nitrogens with one attached hydrogen (secondary N) is 1. The topological polar surface area (TPSA) is 32.3 Å². The van der Waals surface area contributed by atoms with Crippen molar-refractivity contribution >= 4 is 0 Å². The van der Waals surface area contributed by atoms with Gasteiger partial charge >= 0.3 is 0 Å². The Hall–Kier alpha value is -1.00. The molecule has 4 heteroatoms. The van der Waals surface area contributed by atoms with Gasteiger partial charge in [0, 0.05) is 30.2 Å². The van der Waals surface area contributed by atoms with Crippen LogP contribution in [0.1, 0.15) is 31.7 Å². The number of hydrogen-bond donors (Lipinski definition) is 2. The molecule has 1 aromatic rings. The van der Waals surface area contributed by atoms with Gasteiger partial charge in [0.05, 0.1) is 0 Å². The van der Waals surface area contributed by atoms with E-state index in [9.17, 15) is 13.9 Å². The minimum atomic E-state index is -0.814. The van der Waals surface area contributed by atoms with E-state index in [1.165, 1.54) is 6.07 Å². The zero-order valence-electron chi connectivity index (χ0n) is 10.5. The highest BCUT2D eigenvalue weighted by atomic mass is 19.2. The monoisotopic (exact) mass is 255 g/mol. The van der Waals surface area contributed by atoms with Gasteiger partial charge in [-0.25, -0.2) is 8.78 Å². The summed E-state index contributed by atoms with van der Waals surface area (Å²) in [5.41, 5.74) is 0.186. The van der Waals surface area contributed by atoms with Crippen molar-refractivity contribution in [3.63, 3.8) is 0 Å². The molecule has 1 fully saturated rings. The maximum absolute atomic E-state index is 13.5. The van der Waals surface area contributed by atoms with E-state index in [-0.39, 0.29) is 18.1 Å². The van der Waals surface area contributed by atoms with E-state index < -0.39 is 11.6 Å². The summed E-state index contributed by atoms with van der Waals surface area (Å²) in [7, 11) is 0. The Balaban J connectivity index is 2.01. The van der Waals surface area contributed by atoms with E-state index in [2.05, 4.69) is 5.32 Å². The highest BCUT2D eigenvalue weighted by molar-refractivity contribution is 5.19. The van der Waals surface area contributed by atoms with Crippen molar-refractivity contribution in [1.82, 2.24) is 5.32 Å². The second kappa shape index (κ2) is 5.33. The molecule has 0 bridgehead atoms. The SMILES string of the molecule is CC1(CO)CCCC1NCc1cccc(F)c1F. The van der Waals surface area contributed by atoms with E-state index in [1.54, 1.807) is 6.07 Å². The van der Waals surface area contributed by atoms with Crippen molar-refractivity contribution < 1.29 is 13.9 Å². The third-order valence-corrected chi connectivity index (χ3v) is 4.01. The molecule has 1 aromatic carbocycles. The van der Waals surface area contributed by atoms with Gasteiger partial charge in [-0.05, 0) is 18.9 Å². The zero-order chi connectivity index (χ0) is 13.2. The van der Waals surface area contributed by atoms with Gasteiger partial charge in [0.2, 0.25) is 0 Å². The van der Waals surface area contributed by atoms with Crippen LogP contribution >= 0.6 is 0 Å². The highest BCUT2D eigenvalue weighted by Gasteiger charge is 2.37. The Kier molecular flexibility index (Phi) is 3.97. The molecular formula is C14H19F2NO. The first-order chi connectivity index (χ1) is 8.57. The summed E-state index contributed by atoms with van der Waals surface area (Å²) in [4.78, 5) is 0. The maximum atomic E-state index is 13.5. The minimum absolute atomic E-state index is 0.121. The molecule has 18 heavy (non-hydrogen) atoms. The minimum Gasteiger partial charge on any atom is -0.396 e. The van der Waals surface area contributed by atoms with E-state index >= 15 is 0 Å². The number of hydrogen-bond acceptors (Lipinski definition) is 2. The third-order valence-electron chi connectivity index (χ3n) is 4.01. The first kappa shape index (κ1) is 13.4. The van der Waals surface area contributed by atoms with Crippen LogP contribution in [0.5, 0.6) is 0 Å². The van der Waals surface area contributed by atoms with Gasteiger partial charge in [0.25, 0.3) is 0 Å². The first-order valence-corrected chi connectivity index (χ1v) is 6.34. The summed E-state index contributed by atoms with van der Waals surface area (Å²) in [6.45, 7) is 2.44. The third kappa shape index (κ3) is 2.54. The smallest absolute Gasteiger partial charge is 0.163 e. The molecule has 0 saturated heterocycles. The predicted molar refractivity (Wildman–Crippen MR) is 66.0 cm³/mol. The standard InChI is InChI=1S/C14H19F2NO/c1-14(9-18)7-3-6-12(14)17-8-10-4-2-5-11(15)13(10)16/h2,4-5,12,17-18H,3,6-9H2,1H3. The lowest BCUT2D eigenvalue weighted by molar-refractivity contribution is 0.118. The Labute approximate surface area is 106 Å². The number of benzene rings is 1. The van der Waals surface area contributed by atoms with E-state index in [1.807, 2.05) is 6.92 Å². The lowest BCUT2D eigenvalue weighted by Gasteiger charge is -2.30. The number of aliphatic hydroxyl groups is 1. The lowest BCUT2D eigenvalue weighted by atomic mass is 9.86. The van der Waals surface area contributed by atoms with Gasteiger partial charge in [-0.1, -0.05) is 25.5 Å². The molecule has 2 atom stereocenters. The summed E-state index contributed by atoms with van der Waals surface area (Å²) in [6, 6.07) is 4.36. The summed E-state index contributed by atoms with van der Waals surface area (Å²) in [5, 5.41) is 12.7. The Morgan fingerprint density at radius 1 is 1.44 bits per heavy atom. The van der Waals surface area contributed by atoms with Gasteiger partial charge in [-0.3, -0.25) is 0 Å². The normalized spacial score (nSPS) is 27.7. The number of aliphatic hydroxyl groups excluding tert-OH is 1. The van der Waals surface area contributed by atoms with Gasteiger partial charge < -0.3 is 10.4 Å². The van der Waals surface area contributed by atoms with Crippen molar-refractivity contribution in [3.8, 4) is 0 Å². The van der Waals surface area contributed by atoms with Crippen molar-refractivity contribution in [2.45, 2.75) is 38.8 Å². The summed E-state index contributed by atoms with van der Waals surface area (Å²) in [5.74, 6) is -1.60. The molecular weight excluding hydrogens is 236 g/mol. The molecule has 0 aromatic heterocycles. The van der Waals surface area contributed by atoms with Gasteiger partial charge in [-0.2, -0.15) is 0 Å². The average molecular weight is 255 g/mol. The Morgan fingerprint density at radius 2 is 2.22 bits per heavy atom. The molecule has 1 saturated carbocycles. The van der Waals surface area contributed by atoms with Crippen LogP contribution in [0.25, 0.3) is 0 Å².